The summed E-state index contributed by atoms with van der Waals surface area (Å²) in [7, 11) is 1.75. The monoisotopic (exact) mass is 427 g/mol. The van der Waals surface area contributed by atoms with Gasteiger partial charge < -0.3 is 19.3 Å². The van der Waals surface area contributed by atoms with Crippen LogP contribution in [0.1, 0.15) is 6.92 Å². The van der Waals surface area contributed by atoms with Gasteiger partial charge in [-0.1, -0.05) is 4.67 Å². The summed E-state index contributed by atoms with van der Waals surface area (Å²) in [5.74, 6) is 0. The number of nitrogens with zero attached hydrogens (tertiary/aromatic N) is 3. The Balaban J connectivity index is 1.93. The van der Waals surface area contributed by atoms with Crippen molar-refractivity contribution in [1.29, 1.82) is 0 Å². The fourth-order valence-corrected chi connectivity index (χ4v) is 5.41. The van der Waals surface area contributed by atoms with Crippen LogP contribution in [-0.4, -0.2) is 107 Å². The van der Waals surface area contributed by atoms with Gasteiger partial charge in [0, 0.05) is 40.3 Å². The molecular weight excluding hydrogens is 394 g/mol. The van der Waals surface area contributed by atoms with E-state index in [-0.39, 0.29) is 31.5 Å². The van der Waals surface area contributed by atoms with E-state index in [9.17, 15) is 9.13 Å². The summed E-state index contributed by atoms with van der Waals surface area (Å²) in [6, 6.07) is 0. The fraction of sp³-hybridized carbons (Fsp3) is 1.00. The molecule has 2 heterocycles. The van der Waals surface area contributed by atoms with E-state index in [1.165, 1.54) is 4.67 Å². The zero-order valence-electron chi connectivity index (χ0n) is 16.9. The van der Waals surface area contributed by atoms with Gasteiger partial charge in [-0.2, -0.15) is 0 Å². The van der Waals surface area contributed by atoms with E-state index >= 15 is 0 Å². The molecular formula is C15H33N4O6P2+. The first kappa shape index (κ1) is 23.3. The second-order valence-electron chi connectivity index (χ2n) is 7.15. The van der Waals surface area contributed by atoms with Crippen molar-refractivity contribution in [2.24, 2.45) is 0 Å². The van der Waals surface area contributed by atoms with Crippen molar-refractivity contribution >= 4 is 15.8 Å². The largest absolute Gasteiger partial charge is 0.615 e. The molecule has 12 heteroatoms. The van der Waals surface area contributed by atoms with Gasteiger partial charge in [-0.05, 0) is 25.6 Å². The van der Waals surface area contributed by atoms with E-state index in [1.807, 2.05) is 6.92 Å². The minimum absolute atomic E-state index is 0.106. The molecule has 2 saturated heterocycles. The lowest BCUT2D eigenvalue weighted by molar-refractivity contribution is -0.0544. The maximum Gasteiger partial charge on any atom is 0.615 e. The van der Waals surface area contributed by atoms with Gasteiger partial charge >= 0.3 is 15.8 Å². The molecule has 1 N–H and O–H groups in total. The van der Waals surface area contributed by atoms with Crippen LogP contribution in [0.5, 0.6) is 0 Å². The summed E-state index contributed by atoms with van der Waals surface area (Å²) in [6.45, 7) is 5.18. The Morgan fingerprint density at radius 3 is 2.59 bits per heavy atom. The molecule has 27 heavy (non-hydrogen) atoms. The molecule has 0 spiro atoms. The molecule has 158 valence electrons. The minimum Gasteiger partial charge on any atom is -0.373 e. The number of morpholine rings is 2. The SMILES string of the molecule is C[C@H]1CNC[C@@H](COP(=O)(N(C)C)N2CCO[C@H](CO[P+](=O)N(C)C)C2)O1. The zero-order chi connectivity index (χ0) is 20.0. The molecule has 0 aromatic carbocycles. The quantitative estimate of drug-likeness (QED) is 0.537. The second kappa shape index (κ2) is 10.7. The first-order chi connectivity index (χ1) is 12.7. The molecule has 0 bridgehead atoms. The van der Waals surface area contributed by atoms with E-state index in [1.54, 1.807) is 37.5 Å². The van der Waals surface area contributed by atoms with Gasteiger partial charge in [0.1, 0.15) is 6.61 Å². The first-order valence-corrected chi connectivity index (χ1v) is 11.8. The number of hydrogen-bond acceptors (Lipinski definition) is 7. The number of ether oxygens (including phenoxy) is 2. The van der Waals surface area contributed by atoms with Crippen molar-refractivity contribution in [1.82, 2.24) is 19.3 Å². The van der Waals surface area contributed by atoms with Crippen molar-refractivity contribution in [3.8, 4) is 0 Å². The summed E-state index contributed by atoms with van der Waals surface area (Å²) in [5, 5.41) is 3.28. The maximum atomic E-state index is 13.6. The highest BCUT2D eigenvalue weighted by molar-refractivity contribution is 7.53. The maximum absolute atomic E-state index is 13.6. The molecule has 0 aliphatic carbocycles. The summed E-state index contributed by atoms with van der Waals surface area (Å²) >= 11 is 0. The lowest BCUT2D eigenvalue weighted by Crippen LogP contribution is -2.47. The van der Waals surface area contributed by atoms with Gasteiger partial charge in [0.2, 0.25) is 0 Å². The smallest absolute Gasteiger partial charge is 0.373 e. The van der Waals surface area contributed by atoms with E-state index in [4.69, 9.17) is 18.5 Å². The van der Waals surface area contributed by atoms with Crippen LogP contribution in [-0.2, 0) is 27.7 Å². The van der Waals surface area contributed by atoms with E-state index in [0.717, 1.165) is 6.54 Å². The highest BCUT2D eigenvalue weighted by atomic mass is 31.2. The molecule has 2 rings (SSSR count). The molecule has 0 amide bonds. The third-order valence-corrected chi connectivity index (χ3v) is 7.93. The lowest BCUT2D eigenvalue weighted by atomic mass is 10.3. The van der Waals surface area contributed by atoms with Crippen LogP contribution in [0.25, 0.3) is 0 Å². The van der Waals surface area contributed by atoms with Gasteiger partial charge in [0.05, 0.1) is 31.5 Å². The van der Waals surface area contributed by atoms with Crippen molar-refractivity contribution in [3.63, 3.8) is 0 Å². The number of nitrogens with one attached hydrogen (secondary N) is 1. The molecule has 5 atom stereocenters. The van der Waals surface area contributed by atoms with Crippen molar-refractivity contribution < 1.29 is 27.7 Å². The summed E-state index contributed by atoms with van der Waals surface area (Å²) in [6.07, 6.45) is -0.344. The van der Waals surface area contributed by atoms with Crippen LogP contribution in [0.2, 0.25) is 0 Å². The highest BCUT2D eigenvalue weighted by Crippen LogP contribution is 2.53. The highest BCUT2D eigenvalue weighted by Gasteiger charge is 2.40. The Hall–Kier alpha value is 0.01000. The normalized spacial score (nSPS) is 30.5. The lowest BCUT2D eigenvalue weighted by Gasteiger charge is -2.40. The molecule has 2 aliphatic heterocycles. The molecule has 0 radical (unpaired) electrons. The molecule has 2 aliphatic rings. The Labute approximate surface area is 162 Å². The van der Waals surface area contributed by atoms with E-state index in [2.05, 4.69) is 5.32 Å². The molecule has 2 unspecified atom stereocenters. The van der Waals surface area contributed by atoms with Gasteiger partial charge in [0.25, 0.3) is 0 Å². The summed E-state index contributed by atoms with van der Waals surface area (Å²) in [4.78, 5) is 0. The van der Waals surface area contributed by atoms with Crippen LogP contribution < -0.4 is 5.32 Å². The topological polar surface area (TPSA) is 92.8 Å². The van der Waals surface area contributed by atoms with Crippen LogP contribution in [0, 0.1) is 0 Å². The third-order valence-electron chi connectivity index (χ3n) is 4.33. The Bertz CT molecular complexity index is 538. The molecule has 0 aromatic rings. The fourth-order valence-electron chi connectivity index (χ4n) is 2.90. The van der Waals surface area contributed by atoms with Crippen molar-refractivity contribution in [2.75, 3.05) is 74.2 Å². The van der Waals surface area contributed by atoms with Crippen molar-refractivity contribution in [3.05, 3.63) is 0 Å². The summed E-state index contributed by atoms with van der Waals surface area (Å²) < 4.78 is 53.0. The first-order valence-electron chi connectivity index (χ1n) is 9.15. The van der Waals surface area contributed by atoms with Gasteiger partial charge in [-0.25, -0.2) is 9.34 Å². The number of rotatable bonds is 9. The van der Waals surface area contributed by atoms with Crippen LogP contribution >= 0.6 is 15.8 Å². The molecule has 2 fully saturated rings. The Morgan fingerprint density at radius 1 is 1.22 bits per heavy atom. The van der Waals surface area contributed by atoms with Gasteiger partial charge in [0.15, 0.2) is 0 Å². The van der Waals surface area contributed by atoms with Gasteiger partial charge in [-0.3, -0.25) is 4.57 Å². The number of hydrogen-bond donors (Lipinski definition) is 1. The summed E-state index contributed by atoms with van der Waals surface area (Å²) in [5.41, 5.74) is 0. The van der Waals surface area contributed by atoms with E-state index in [0.29, 0.717) is 26.2 Å². The van der Waals surface area contributed by atoms with E-state index < -0.39 is 15.8 Å². The Morgan fingerprint density at radius 2 is 1.96 bits per heavy atom. The van der Waals surface area contributed by atoms with Crippen LogP contribution in [0.4, 0.5) is 0 Å². The minimum atomic E-state index is -3.22. The zero-order valence-corrected chi connectivity index (χ0v) is 18.7. The predicted molar refractivity (Wildman–Crippen MR) is 103 cm³/mol. The molecule has 10 nitrogen and oxygen atoms in total. The van der Waals surface area contributed by atoms with Crippen LogP contribution in [0.15, 0.2) is 0 Å². The average Bonchev–Trinajstić information content (AvgIpc) is 2.64. The third kappa shape index (κ3) is 6.78. The molecule has 0 saturated carbocycles. The van der Waals surface area contributed by atoms with Crippen molar-refractivity contribution in [2.45, 2.75) is 25.2 Å². The average molecular weight is 427 g/mol. The van der Waals surface area contributed by atoms with Gasteiger partial charge in [-0.15, -0.1) is 4.52 Å². The van der Waals surface area contributed by atoms with Crippen LogP contribution in [0.3, 0.4) is 0 Å². The predicted octanol–water partition coefficient (Wildman–Crippen LogP) is 0.986. The second-order valence-corrected chi connectivity index (χ2v) is 11.3. The molecule has 0 aromatic heterocycles. The standard InChI is InChI=1S/C15H33N4O6P2/c1-13-8-16-9-14(25-13)12-24-27(21,18(4)5)19-6-7-22-15(10-19)11-23-26(20)17(2)3/h13-16H,6-12H2,1-5H3/q+1/t13-,14-,15-,27?/m0/s1. The Kier molecular flexibility index (Phi) is 9.22.